The Hall–Kier alpha value is -3.25. The van der Waals surface area contributed by atoms with Crippen molar-refractivity contribution >= 4 is 34.3 Å². The molecular weight excluding hydrogens is 499 g/mol. The fourth-order valence-corrected chi connectivity index (χ4v) is 4.74. The fourth-order valence-electron chi connectivity index (χ4n) is 4.55. The molecule has 4 rings (SSSR count). The highest BCUT2D eigenvalue weighted by atomic mass is 35.5. The number of halogens is 4. The summed E-state index contributed by atoms with van der Waals surface area (Å²) in [4.78, 5) is 12.3. The van der Waals surface area contributed by atoms with E-state index in [0.29, 0.717) is 42.1 Å². The van der Waals surface area contributed by atoms with E-state index in [-0.39, 0.29) is 12.5 Å². The number of hydrogen-bond acceptors (Lipinski definition) is 2. The van der Waals surface area contributed by atoms with Crippen molar-refractivity contribution in [2.24, 2.45) is 0 Å². The number of carbonyl (C=O) groups excluding carboxylic acids is 1. The van der Waals surface area contributed by atoms with Crippen molar-refractivity contribution in [2.45, 2.75) is 51.3 Å². The largest absolute Gasteiger partial charge is 0.488 e. The number of allylic oxidation sites excluding steroid dienone is 2. The Morgan fingerprint density at radius 1 is 0.919 bits per heavy atom. The topological polar surface area (TPSA) is 38.3 Å². The Balaban J connectivity index is 1.66. The van der Waals surface area contributed by atoms with Crippen LogP contribution in [0.25, 0.3) is 11.1 Å². The van der Waals surface area contributed by atoms with Crippen molar-refractivity contribution in [1.82, 2.24) is 0 Å². The summed E-state index contributed by atoms with van der Waals surface area (Å²) in [6, 6.07) is 20.7. The quantitative estimate of drug-likeness (QED) is 0.211. The first-order valence-corrected chi connectivity index (χ1v) is 12.9. The highest BCUT2D eigenvalue weighted by Crippen LogP contribution is 2.45. The van der Waals surface area contributed by atoms with E-state index < -0.39 is 11.7 Å². The number of benzene rings is 3. The van der Waals surface area contributed by atoms with E-state index in [2.05, 4.69) is 5.32 Å². The molecule has 0 radical (unpaired) electrons. The van der Waals surface area contributed by atoms with E-state index in [1.165, 1.54) is 12.1 Å². The van der Waals surface area contributed by atoms with Gasteiger partial charge < -0.3 is 10.1 Å². The molecule has 0 bridgehead atoms. The van der Waals surface area contributed by atoms with Gasteiger partial charge in [0.05, 0.1) is 5.56 Å². The van der Waals surface area contributed by atoms with Gasteiger partial charge in [-0.15, -0.1) is 11.6 Å². The second kappa shape index (κ2) is 12.3. The van der Waals surface area contributed by atoms with Gasteiger partial charge in [0.2, 0.25) is 5.91 Å². The fraction of sp³-hybridized carbons (Fsp3) is 0.300. The number of rotatable bonds is 10. The van der Waals surface area contributed by atoms with Gasteiger partial charge in [0.15, 0.2) is 0 Å². The van der Waals surface area contributed by atoms with Crippen LogP contribution in [0.5, 0.6) is 5.75 Å². The van der Waals surface area contributed by atoms with Crippen LogP contribution in [0.15, 0.2) is 72.8 Å². The van der Waals surface area contributed by atoms with Crippen LogP contribution in [-0.2, 0) is 17.6 Å². The van der Waals surface area contributed by atoms with Crippen molar-refractivity contribution in [3.63, 3.8) is 0 Å². The van der Waals surface area contributed by atoms with Gasteiger partial charge in [0, 0.05) is 23.6 Å². The maximum Gasteiger partial charge on any atom is 0.416 e. The Kier molecular flexibility index (Phi) is 8.93. The molecule has 37 heavy (non-hydrogen) atoms. The first-order chi connectivity index (χ1) is 17.8. The molecular formula is C30H29ClF3NO2. The second-order valence-corrected chi connectivity index (χ2v) is 9.45. The van der Waals surface area contributed by atoms with Gasteiger partial charge in [0.1, 0.15) is 12.4 Å². The molecule has 0 unspecified atom stereocenters. The number of hydrogen-bond donors (Lipinski definition) is 1. The molecule has 0 spiro atoms. The molecule has 194 valence electrons. The lowest BCUT2D eigenvalue weighted by molar-refractivity contribution is -0.137. The van der Waals surface area contributed by atoms with Gasteiger partial charge in [0.25, 0.3) is 0 Å². The third kappa shape index (κ3) is 7.16. The Morgan fingerprint density at radius 3 is 2.46 bits per heavy atom. The second-order valence-electron chi connectivity index (χ2n) is 9.07. The normalized spacial score (nSPS) is 13.6. The molecule has 1 aliphatic rings. The molecule has 0 saturated carbocycles. The first kappa shape index (κ1) is 26.8. The number of alkyl halides is 4. The smallest absolute Gasteiger partial charge is 0.416 e. The van der Waals surface area contributed by atoms with Crippen LogP contribution in [0.4, 0.5) is 18.9 Å². The Morgan fingerprint density at radius 2 is 1.70 bits per heavy atom. The zero-order valence-electron chi connectivity index (χ0n) is 20.4. The molecule has 3 nitrogen and oxygen atoms in total. The average molecular weight is 528 g/mol. The minimum Gasteiger partial charge on any atom is -0.488 e. The summed E-state index contributed by atoms with van der Waals surface area (Å²) in [6.45, 7) is 0.257. The van der Waals surface area contributed by atoms with Crippen LogP contribution in [0.2, 0.25) is 0 Å². The van der Waals surface area contributed by atoms with Crippen molar-refractivity contribution in [1.29, 1.82) is 0 Å². The number of carbonyl (C=O) groups is 1. The van der Waals surface area contributed by atoms with E-state index in [4.69, 9.17) is 16.3 Å². The summed E-state index contributed by atoms with van der Waals surface area (Å²) in [5.74, 6) is 0.860. The van der Waals surface area contributed by atoms with E-state index in [1.807, 2.05) is 54.6 Å². The molecule has 7 heteroatoms. The Labute approximate surface area is 220 Å². The molecule has 0 fully saturated rings. The molecule has 3 aromatic carbocycles. The zero-order chi connectivity index (χ0) is 26.3. The monoisotopic (exact) mass is 527 g/mol. The third-order valence-electron chi connectivity index (χ3n) is 6.37. The SMILES string of the molecule is O=C(CCCCCl)Nc1cccc(C2=C(c3cc(C(F)(F)F)ccc3OCc3ccccc3)CCC2)c1. The summed E-state index contributed by atoms with van der Waals surface area (Å²) in [5, 5.41) is 2.92. The molecule has 1 amide bonds. The predicted octanol–water partition coefficient (Wildman–Crippen LogP) is 8.73. The molecule has 0 aliphatic heterocycles. The van der Waals surface area contributed by atoms with E-state index in [0.717, 1.165) is 47.6 Å². The van der Waals surface area contributed by atoms with Crippen LogP contribution in [0.3, 0.4) is 0 Å². The summed E-state index contributed by atoms with van der Waals surface area (Å²) in [5.41, 5.74) is 4.07. The third-order valence-corrected chi connectivity index (χ3v) is 6.64. The van der Waals surface area contributed by atoms with Gasteiger partial charge in [-0.25, -0.2) is 0 Å². The molecule has 3 aromatic rings. The van der Waals surface area contributed by atoms with Crippen LogP contribution < -0.4 is 10.1 Å². The van der Waals surface area contributed by atoms with E-state index >= 15 is 0 Å². The molecule has 0 atom stereocenters. The first-order valence-electron chi connectivity index (χ1n) is 12.4. The van der Waals surface area contributed by atoms with E-state index in [9.17, 15) is 18.0 Å². The van der Waals surface area contributed by atoms with E-state index in [1.54, 1.807) is 0 Å². The molecule has 0 heterocycles. The molecule has 0 saturated heterocycles. The van der Waals surface area contributed by atoms with Gasteiger partial charge in [-0.1, -0.05) is 42.5 Å². The summed E-state index contributed by atoms with van der Waals surface area (Å²) in [6.07, 6.45) is -0.377. The lowest BCUT2D eigenvalue weighted by atomic mass is 9.94. The van der Waals surface area contributed by atoms with Crippen LogP contribution in [-0.4, -0.2) is 11.8 Å². The number of anilines is 1. The minimum atomic E-state index is -4.46. The number of amides is 1. The zero-order valence-corrected chi connectivity index (χ0v) is 21.2. The van der Waals surface area contributed by atoms with Gasteiger partial charge in [-0.3, -0.25) is 4.79 Å². The standard InChI is InChI=1S/C30H29ClF3NO2/c31-17-5-4-14-29(36)35-24-11-6-10-22(18-24)25-12-7-13-26(25)27-19-23(30(32,33)34)15-16-28(27)37-20-21-8-2-1-3-9-21/h1-3,6,8-11,15-16,18-19H,4-5,7,12-14,17,20H2,(H,35,36). The Bertz CT molecular complexity index is 1260. The highest BCUT2D eigenvalue weighted by Gasteiger charge is 2.32. The summed E-state index contributed by atoms with van der Waals surface area (Å²) in [7, 11) is 0. The predicted molar refractivity (Wildman–Crippen MR) is 143 cm³/mol. The minimum absolute atomic E-state index is 0.0858. The summed E-state index contributed by atoms with van der Waals surface area (Å²) >= 11 is 5.69. The average Bonchev–Trinajstić information content (AvgIpc) is 3.38. The van der Waals surface area contributed by atoms with Crippen molar-refractivity contribution in [2.75, 3.05) is 11.2 Å². The lowest BCUT2D eigenvalue weighted by Gasteiger charge is -2.17. The highest BCUT2D eigenvalue weighted by molar-refractivity contribution is 6.17. The summed E-state index contributed by atoms with van der Waals surface area (Å²) < 4.78 is 47.0. The van der Waals surface area contributed by atoms with Gasteiger partial charge in [-0.2, -0.15) is 13.2 Å². The van der Waals surface area contributed by atoms with Gasteiger partial charge in [-0.05, 0) is 84.7 Å². The van der Waals surface area contributed by atoms with Gasteiger partial charge >= 0.3 is 6.18 Å². The molecule has 1 N–H and O–H groups in total. The molecule has 1 aliphatic carbocycles. The van der Waals surface area contributed by atoms with Crippen molar-refractivity contribution in [3.8, 4) is 5.75 Å². The number of nitrogens with one attached hydrogen (secondary N) is 1. The maximum absolute atomic E-state index is 13.6. The van der Waals surface area contributed by atoms with Crippen molar-refractivity contribution in [3.05, 3.63) is 95.1 Å². The van der Waals surface area contributed by atoms with Crippen molar-refractivity contribution < 1.29 is 22.7 Å². The van der Waals surface area contributed by atoms with Crippen LogP contribution >= 0.6 is 11.6 Å². The maximum atomic E-state index is 13.6. The lowest BCUT2D eigenvalue weighted by Crippen LogP contribution is -2.11. The number of unbranched alkanes of at least 4 members (excludes halogenated alkanes) is 1. The van der Waals surface area contributed by atoms with Crippen LogP contribution in [0.1, 0.15) is 60.8 Å². The van der Waals surface area contributed by atoms with Crippen LogP contribution in [0, 0.1) is 0 Å². The number of ether oxygens (including phenoxy) is 1. The molecule has 0 aromatic heterocycles.